The number of hydrogen-bond acceptors (Lipinski definition) is 6. The summed E-state index contributed by atoms with van der Waals surface area (Å²) in [5.41, 5.74) is 0.649. The Balaban J connectivity index is 1.74. The minimum absolute atomic E-state index is 0.111. The maximum atomic E-state index is 12.6. The van der Waals surface area contributed by atoms with E-state index in [4.69, 9.17) is 9.47 Å². The SMILES string of the molecule is CC(=O)c1cccc(OC(=O)c2ccc(S(=O)(=O)N3CCOCC3)cc2)c1. The number of benzene rings is 2. The van der Waals surface area contributed by atoms with E-state index in [1.165, 1.54) is 41.6 Å². The lowest BCUT2D eigenvalue weighted by atomic mass is 10.1. The van der Waals surface area contributed by atoms with Gasteiger partial charge in [0.25, 0.3) is 0 Å². The second-order valence-corrected chi connectivity index (χ2v) is 7.95. The second kappa shape index (κ2) is 7.99. The van der Waals surface area contributed by atoms with E-state index in [0.717, 1.165) is 0 Å². The Morgan fingerprint density at radius 1 is 1.00 bits per heavy atom. The zero-order chi connectivity index (χ0) is 19.4. The molecule has 1 saturated heterocycles. The Hall–Kier alpha value is -2.55. The van der Waals surface area contributed by atoms with E-state index in [-0.39, 0.29) is 22.0 Å². The third kappa shape index (κ3) is 4.41. The van der Waals surface area contributed by atoms with Crippen molar-refractivity contribution >= 4 is 21.8 Å². The standard InChI is InChI=1S/C19H19NO6S/c1-14(21)16-3-2-4-17(13-16)26-19(22)15-5-7-18(8-6-15)27(23,24)20-9-11-25-12-10-20/h2-8,13H,9-12H2,1H3. The van der Waals surface area contributed by atoms with E-state index >= 15 is 0 Å². The molecule has 27 heavy (non-hydrogen) atoms. The topological polar surface area (TPSA) is 90.0 Å². The molecule has 0 unspecified atom stereocenters. The summed E-state index contributed by atoms with van der Waals surface area (Å²) in [5, 5.41) is 0. The molecule has 0 radical (unpaired) electrons. The number of sulfonamides is 1. The molecule has 0 aliphatic carbocycles. The Bertz CT molecular complexity index is 946. The number of nitrogens with zero attached hydrogens (tertiary/aromatic N) is 1. The van der Waals surface area contributed by atoms with Crippen molar-refractivity contribution in [2.24, 2.45) is 0 Å². The van der Waals surface area contributed by atoms with E-state index in [1.807, 2.05) is 0 Å². The summed E-state index contributed by atoms with van der Waals surface area (Å²) in [6.07, 6.45) is 0. The molecule has 8 heteroatoms. The average molecular weight is 389 g/mol. The first-order chi connectivity index (χ1) is 12.9. The first kappa shape index (κ1) is 19.2. The Morgan fingerprint density at radius 2 is 1.67 bits per heavy atom. The highest BCUT2D eigenvalue weighted by molar-refractivity contribution is 7.89. The van der Waals surface area contributed by atoms with Crippen molar-refractivity contribution in [3.63, 3.8) is 0 Å². The largest absolute Gasteiger partial charge is 0.423 e. The summed E-state index contributed by atoms with van der Waals surface area (Å²) in [6.45, 7) is 2.76. The molecule has 3 rings (SSSR count). The number of rotatable bonds is 5. The van der Waals surface area contributed by atoms with Gasteiger partial charge in [0.15, 0.2) is 5.78 Å². The fraction of sp³-hybridized carbons (Fsp3) is 0.263. The van der Waals surface area contributed by atoms with Crippen LogP contribution in [-0.2, 0) is 14.8 Å². The Morgan fingerprint density at radius 3 is 2.30 bits per heavy atom. The lowest BCUT2D eigenvalue weighted by Crippen LogP contribution is -2.40. The van der Waals surface area contributed by atoms with Crippen LogP contribution in [0.3, 0.4) is 0 Å². The van der Waals surface area contributed by atoms with Gasteiger partial charge >= 0.3 is 5.97 Å². The van der Waals surface area contributed by atoms with Gasteiger partial charge in [0, 0.05) is 18.7 Å². The monoisotopic (exact) mass is 389 g/mol. The maximum absolute atomic E-state index is 12.6. The molecule has 0 aromatic heterocycles. The quantitative estimate of drug-likeness (QED) is 0.442. The van der Waals surface area contributed by atoms with Gasteiger partial charge in [-0.3, -0.25) is 4.79 Å². The van der Waals surface area contributed by atoms with Gasteiger partial charge in [0.2, 0.25) is 10.0 Å². The highest BCUT2D eigenvalue weighted by atomic mass is 32.2. The predicted molar refractivity (Wildman–Crippen MR) is 97.4 cm³/mol. The van der Waals surface area contributed by atoms with Crippen LogP contribution in [0.2, 0.25) is 0 Å². The third-order valence-corrected chi connectivity index (χ3v) is 6.06. The van der Waals surface area contributed by atoms with E-state index < -0.39 is 16.0 Å². The molecule has 142 valence electrons. The molecule has 0 saturated carbocycles. The van der Waals surface area contributed by atoms with Gasteiger partial charge in [-0.15, -0.1) is 0 Å². The molecule has 0 atom stereocenters. The minimum atomic E-state index is -3.61. The number of esters is 1. The molecular formula is C19H19NO6S. The van der Waals surface area contributed by atoms with Gasteiger partial charge in [0.1, 0.15) is 5.75 Å². The highest BCUT2D eigenvalue weighted by Crippen LogP contribution is 2.19. The van der Waals surface area contributed by atoms with Gasteiger partial charge in [0.05, 0.1) is 23.7 Å². The number of Topliss-reactive ketones (excluding diaryl/α,β-unsaturated/α-hetero) is 1. The molecule has 1 heterocycles. The van der Waals surface area contributed by atoms with Gasteiger partial charge in [-0.2, -0.15) is 4.31 Å². The van der Waals surface area contributed by atoms with Crippen LogP contribution in [0.1, 0.15) is 27.6 Å². The van der Waals surface area contributed by atoms with Gasteiger partial charge in [-0.1, -0.05) is 12.1 Å². The zero-order valence-electron chi connectivity index (χ0n) is 14.8. The predicted octanol–water partition coefficient (Wildman–Crippen LogP) is 2.13. The molecule has 2 aromatic carbocycles. The van der Waals surface area contributed by atoms with Crippen molar-refractivity contribution in [3.8, 4) is 5.75 Å². The van der Waals surface area contributed by atoms with Gasteiger partial charge < -0.3 is 9.47 Å². The van der Waals surface area contributed by atoms with E-state index in [2.05, 4.69) is 0 Å². The van der Waals surface area contributed by atoms with Crippen molar-refractivity contribution in [1.82, 2.24) is 4.31 Å². The van der Waals surface area contributed by atoms with Crippen molar-refractivity contribution in [2.75, 3.05) is 26.3 Å². The lowest BCUT2D eigenvalue weighted by molar-refractivity contribution is 0.0730. The number of morpholine rings is 1. The maximum Gasteiger partial charge on any atom is 0.343 e. The van der Waals surface area contributed by atoms with Crippen LogP contribution < -0.4 is 4.74 Å². The van der Waals surface area contributed by atoms with Crippen molar-refractivity contribution in [1.29, 1.82) is 0 Å². The molecular weight excluding hydrogens is 370 g/mol. The fourth-order valence-corrected chi connectivity index (χ4v) is 4.05. The molecule has 1 aliphatic rings. The summed E-state index contributed by atoms with van der Waals surface area (Å²) < 4.78 is 37.0. The van der Waals surface area contributed by atoms with Crippen LogP contribution in [0.4, 0.5) is 0 Å². The van der Waals surface area contributed by atoms with E-state index in [9.17, 15) is 18.0 Å². The number of carbonyl (C=O) groups excluding carboxylic acids is 2. The molecule has 0 N–H and O–H groups in total. The van der Waals surface area contributed by atoms with Crippen molar-refractivity contribution in [2.45, 2.75) is 11.8 Å². The van der Waals surface area contributed by atoms with Crippen LogP contribution in [0.15, 0.2) is 53.4 Å². The summed E-state index contributed by atoms with van der Waals surface area (Å²) in [4.78, 5) is 23.8. The summed E-state index contributed by atoms with van der Waals surface area (Å²) >= 11 is 0. The van der Waals surface area contributed by atoms with E-state index in [0.29, 0.717) is 31.9 Å². The van der Waals surface area contributed by atoms with Crippen LogP contribution >= 0.6 is 0 Å². The lowest BCUT2D eigenvalue weighted by Gasteiger charge is -2.26. The molecule has 0 amide bonds. The van der Waals surface area contributed by atoms with Gasteiger partial charge in [-0.25, -0.2) is 13.2 Å². The Labute approximate surface area is 157 Å². The van der Waals surface area contributed by atoms with E-state index in [1.54, 1.807) is 18.2 Å². The van der Waals surface area contributed by atoms with Crippen LogP contribution in [0.5, 0.6) is 5.75 Å². The molecule has 1 fully saturated rings. The number of ether oxygens (including phenoxy) is 2. The van der Waals surface area contributed by atoms with Crippen LogP contribution in [0, 0.1) is 0 Å². The van der Waals surface area contributed by atoms with Gasteiger partial charge in [-0.05, 0) is 43.3 Å². The highest BCUT2D eigenvalue weighted by Gasteiger charge is 2.26. The molecule has 0 spiro atoms. The van der Waals surface area contributed by atoms with Crippen molar-refractivity contribution in [3.05, 3.63) is 59.7 Å². The first-order valence-corrected chi connectivity index (χ1v) is 9.83. The third-order valence-electron chi connectivity index (χ3n) is 4.15. The minimum Gasteiger partial charge on any atom is -0.423 e. The average Bonchev–Trinajstić information content (AvgIpc) is 2.69. The summed E-state index contributed by atoms with van der Waals surface area (Å²) in [6, 6.07) is 11.9. The molecule has 2 aromatic rings. The second-order valence-electron chi connectivity index (χ2n) is 6.01. The summed E-state index contributed by atoms with van der Waals surface area (Å²) in [5.74, 6) is -0.519. The Kier molecular flexibility index (Phi) is 5.69. The number of ketones is 1. The summed E-state index contributed by atoms with van der Waals surface area (Å²) in [7, 11) is -3.61. The number of carbonyl (C=O) groups is 2. The van der Waals surface area contributed by atoms with Crippen LogP contribution in [-0.4, -0.2) is 50.8 Å². The zero-order valence-corrected chi connectivity index (χ0v) is 15.6. The normalized spacial score (nSPS) is 15.3. The fourth-order valence-electron chi connectivity index (χ4n) is 2.64. The number of hydrogen-bond donors (Lipinski definition) is 0. The van der Waals surface area contributed by atoms with Crippen LogP contribution in [0.25, 0.3) is 0 Å². The molecule has 0 bridgehead atoms. The molecule has 1 aliphatic heterocycles. The van der Waals surface area contributed by atoms with Crippen molar-refractivity contribution < 1.29 is 27.5 Å². The molecule has 7 nitrogen and oxygen atoms in total. The smallest absolute Gasteiger partial charge is 0.343 e. The first-order valence-electron chi connectivity index (χ1n) is 8.39.